The fourth-order valence-corrected chi connectivity index (χ4v) is 7.46. The van der Waals surface area contributed by atoms with E-state index >= 15 is 0 Å². The van der Waals surface area contributed by atoms with E-state index in [0.29, 0.717) is 13.2 Å². The van der Waals surface area contributed by atoms with Crippen molar-refractivity contribution in [3.8, 4) is 0 Å². The van der Waals surface area contributed by atoms with Crippen molar-refractivity contribution >= 4 is 15.7 Å². The molecule has 1 unspecified atom stereocenters. The summed E-state index contributed by atoms with van der Waals surface area (Å²) in [6.07, 6.45) is -0.365. The van der Waals surface area contributed by atoms with E-state index in [0.717, 1.165) is 0 Å². The predicted molar refractivity (Wildman–Crippen MR) is 132 cm³/mol. The van der Waals surface area contributed by atoms with Gasteiger partial charge in [0.05, 0.1) is 25.5 Å². The highest BCUT2D eigenvalue weighted by molar-refractivity contribution is 7.64. The Labute approximate surface area is 192 Å². The van der Waals surface area contributed by atoms with E-state index < -0.39 is 20.8 Å². The zero-order valence-electron chi connectivity index (χ0n) is 21.8. The van der Waals surface area contributed by atoms with E-state index in [9.17, 15) is 4.57 Å². The maximum absolute atomic E-state index is 13.2. The summed E-state index contributed by atoms with van der Waals surface area (Å²) in [6, 6.07) is 0.479. The second kappa shape index (κ2) is 10.9. The molecule has 0 bridgehead atoms. The minimum atomic E-state index is -2.42. The number of nitrogens with zero attached hydrogens (tertiary/aromatic N) is 2. The maximum atomic E-state index is 13.2. The molecule has 182 valence electrons. The summed E-state index contributed by atoms with van der Waals surface area (Å²) in [6.45, 7) is 32.8. The molecule has 1 aliphatic rings. The average Bonchev–Trinajstić information content (AvgIpc) is 2.89. The van der Waals surface area contributed by atoms with Crippen molar-refractivity contribution < 1.29 is 18.3 Å². The molecule has 0 N–H and O–H groups in total. The van der Waals surface area contributed by atoms with Crippen molar-refractivity contribution in [2.75, 3.05) is 26.5 Å². The van der Waals surface area contributed by atoms with Crippen LogP contribution < -0.4 is 0 Å². The number of rotatable bonds is 11. The van der Waals surface area contributed by atoms with Crippen LogP contribution >= 0.6 is 15.7 Å². The summed E-state index contributed by atoms with van der Waals surface area (Å²) in [5.41, 5.74) is -0.381. The Morgan fingerprint density at radius 3 is 2.06 bits per heavy atom. The molecule has 6 nitrogen and oxygen atoms in total. The van der Waals surface area contributed by atoms with Crippen LogP contribution in [0.1, 0.15) is 69.2 Å². The smallest absolute Gasteiger partial charge is 0.259 e. The van der Waals surface area contributed by atoms with Crippen LogP contribution in [0.5, 0.6) is 0 Å². The number of hydrogen-bond donors (Lipinski definition) is 0. The van der Waals surface area contributed by atoms with Gasteiger partial charge in [-0.1, -0.05) is 34.6 Å². The molecule has 0 radical (unpaired) electrons. The van der Waals surface area contributed by atoms with Crippen LogP contribution in [0.2, 0.25) is 0 Å². The number of hydrogen-bond acceptors (Lipinski definition) is 5. The van der Waals surface area contributed by atoms with Crippen LogP contribution in [-0.4, -0.2) is 66.7 Å². The molecule has 1 fully saturated rings. The highest BCUT2D eigenvalue weighted by Gasteiger charge is 2.57. The minimum absolute atomic E-state index is 0.0322. The van der Waals surface area contributed by atoms with Crippen LogP contribution in [0.15, 0.2) is 0 Å². The predicted octanol–water partition coefficient (Wildman–Crippen LogP) is 6.50. The van der Waals surface area contributed by atoms with E-state index in [1.807, 2.05) is 13.3 Å². The van der Waals surface area contributed by atoms with Gasteiger partial charge in [-0.25, -0.2) is 11.2 Å². The van der Waals surface area contributed by atoms with E-state index in [2.05, 4.69) is 78.8 Å². The molecule has 1 aliphatic heterocycles. The Bertz CT molecular complexity index is 661. The van der Waals surface area contributed by atoms with Crippen LogP contribution in [0.3, 0.4) is 0 Å². The summed E-state index contributed by atoms with van der Waals surface area (Å²) in [4.78, 5) is 3.43. The first kappa shape index (κ1) is 29.0. The minimum Gasteiger partial charge on any atom is -0.372 e. The molecule has 0 saturated carbocycles. The molecule has 8 heteroatoms. The third-order valence-corrected chi connectivity index (χ3v) is 12.8. The molecule has 31 heavy (non-hydrogen) atoms. The molecule has 0 spiro atoms. The van der Waals surface area contributed by atoms with Gasteiger partial charge in [-0.05, 0) is 47.9 Å². The third kappa shape index (κ3) is 6.32. The summed E-state index contributed by atoms with van der Waals surface area (Å²) in [7, 11) is -3.79. The Balaban J connectivity index is 3.34. The molecule has 1 rings (SSSR count). The van der Waals surface area contributed by atoms with Gasteiger partial charge in [-0.3, -0.25) is 0 Å². The number of ether oxygens (including phenoxy) is 1. The molecule has 0 amide bonds. The first-order valence-electron chi connectivity index (χ1n) is 11.4. The standard InChI is InChI=1S/C23H46N2O4P2/c1-16(2)25(17(3)4)30(27-15-14-24-11)29-20-18(5)19(6)28-21(20)22(7,8)23(9,10)31(12,13)26/h16-21H,14-15H2,1-10,12-13H3/t18-,19-,20-,21-,30?/m0/s1. The van der Waals surface area contributed by atoms with Crippen LogP contribution in [0.4, 0.5) is 0 Å². The van der Waals surface area contributed by atoms with Gasteiger partial charge < -0.3 is 23.2 Å². The van der Waals surface area contributed by atoms with Crippen LogP contribution in [0.25, 0.3) is 4.85 Å². The second-order valence-electron chi connectivity index (χ2n) is 10.8. The fraction of sp³-hybridized carbons (Fsp3) is 0.957. The highest BCUT2D eigenvalue weighted by atomic mass is 31.2. The lowest BCUT2D eigenvalue weighted by molar-refractivity contribution is -0.0636. The molecule has 0 aromatic carbocycles. The maximum Gasteiger partial charge on any atom is 0.259 e. The Morgan fingerprint density at radius 2 is 1.65 bits per heavy atom. The third-order valence-electron chi connectivity index (χ3n) is 7.42. The average molecular weight is 477 g/mol. The van der Waals surface area contributed by atoms with Crippen molar-refractivity contribution in [1.82, 2.24) is 4.67 Å². The van der Waals surface area contributed by atoms with Gasteiger partial charge in [0.25, 0.3) is 8.53 Å². The largest absolute Gasteiger partial charge is 0.372 e. The van der Waals surface area contributed by atoms with Gasteiger partial charge in [0.15, 0.2) is 0 Å². The molecule has 0 aromatic rings. The Kier molecular flexibility index (Phi) is 10.2. The van der Waals surface area contributed by atoms with Gasteiger partial charge in [0.1, 0.15) is 6.61 Å². The lowest BCUT2D eigenvalue weighted by Gasteiger charge is -2.49. The Morgan fingerprint density at radius 1 is 1.13 bits per heavy atom. The fourth-order valence-electron chi connectivity index (χ4n) is 4.14. The first-order chi connectivity index (χ1) is 14.0. The van der Waals surface area contributed by atoms with Crippen molar-refractivity contribution in [2.24, 2.45) is 11.3 Å². The second-order valence-corrected chi connectivity index (χ2v) is 16.1. The van der Waals surface area contributed by atoms with Crippen molar-refractivity contribution in [1.29, 1.82) is 0 Å². The summed E-state index contributed by atoms with van der Waals surface area (Å²) in [5, 5.41) is -0.431. The SMILES string of the molecule is [C-]#[N+]CCOP(O[C@H]1[C@@H](C)[C@H](C)O[C@@H]1C(C)(C)C(C)(C)P(C)(C)=O)N(C(C)C)C(C)C. The van der Waals surface area contributed by atoms with Crippen LogP contribution in [-0.2, 0) is 18.3 Å². The summed E-state index contributed by atoms with van der Waals surface area (Å²) >= 11 is 0. The van der Waals surface area contributed by atoms with Gasteiger partial charge in [-0.2, -0.15) is 0 Å². The van der Waals surface area contributed by atoms with Gasteiger partial charge in [0, 0.05) is 28.6 Å². The van der Waals surface area contributed by atoms with E-state index in [-0.39, 0.29) is 41.7 Å². The molecular weight excluding hydrogens is 430 g/mol. The molecule has 1 saturated heterocycles. The summed E-state index contributed by atoms with van der Waals surface area (Å²) < 4.78 is 35.0. The first-order valence-corrected chi connectivity index (χ1v) is 15.2. The quantitative estimate of drug-likeness (QED) is 0.193. The Hall–Kier alpha value is -0.0100. The van der Waals surface area contributed by atoms with Crippen molar-refractivity contribution in [3.63, 3.8) is 0 Å². The highest BCUT2D eigenvalue weighted by Crippen LogP contribution is 2.63. The van der Waals surface area contributed by atoms with Crippen LogP contribution in [0, 0.1) is 17.9 Å². The van der Waals surface area contributed by atoms with E-state index in [4.69, 9.17) is 20.4 Å². The van der Waals surface area contributed by atoms with E-state index in [1.54, 1.807) is 0 Å². The van der Waals surface area contributed by atoms with Gasteiger partial charge >= 0.3 is 0 Å². The molecular formula is C23H46N2O4P2. The van der Waals surface area contributed by atoms with Crippen molar-refractivity contribution in [2.45, 2.75) is 105 Å². The normalized spacial score (nSPS) is 26.6. The zero-order chi connectivity index (χ0) is 24.4. The van der Waals surface area contributed by atoms with E-state index in [1.165, 1.54) is 0 Å². The summed E-state index contributed by atoms with van der Waals surface area (Å²) in [5.74, 6) is 0.170. The molecule has 5 atom stereocenters. The monoisotopic (exact) mass is 476 g/mol. The lowest BCUT2D eigenvalue weighted by atomic mass is 9.72. The molecule has 1 heterocycles. The molecule has 0 aromatic heterocycles. The van der Waals surface area contributed by atoms with Gasteiger partial charge in [0.2, 0.25) is 6.54 Å². The molecule has 0 aliphatic carbocycles. The lowest BCUT2D eigenvalue weighted by Crippen LogP contribution is -2.52. The van der Waals surface area contributed by atoms with Gasteiger partial charge in [-0.15, -0.1) is 0 Å². The zero-order valence-corrected chi connectivity index (χ0v) is 23.6. The topological polar surface area (TPSA) is 52.4 Å². The van der Waals surface area contributed by atoms with Crippen molar-refractivity contribution in [3.05, 3.63) is 11.4 Å².